The Balaban J connectivity index is 2.68. The van der Waals surface area contributed by atoms with E-state index < -0.39 is 0 Å². The number of rotatable bonds is 8. The molecule has 1 aliphatic carbocycles. The first-order chi connectivity index (χ1) is 9.49. The SMILES string of the molecule is CCCNC1CC(C)CC(C)C1CN(CCC)C(C)C. The van der Waals surface area contributed by atoms with Crippen molar-refractivity contribution in [3.63, 3.8) is 0 Å². The van der Waals surface area contributed by atoms with Gasteiger partial charge >= 0.3 is 0 Å². The van der Waals surface area contributed by atoms with E-state index in [0.29, 0.717) is 6.04 Å². The van der Waals surface area contributed by atoms with Crippen LogP contribution in [-0.4, -0.2) is 36.6 Å². The van der Waals surface area contributed by atoms with Crippen LogP contribution in [0.15, 0.2) is 0 Å². The molecular weight excluding hydrogens is 244 g/mol. The standard InChI is InChI=1S/C18H38N2/c1-7-9-19-18-12-15(5)11-16(6)17(18)13-20(10-8-2)14(3)4/h14-19H,7-13H2,1-6H3. The average molecular weight is 283 g/mol. The Kier molecular flexibility index (Phi) is 8.13. The lowest BCUT2D eigenvalue weighted by molar-refractivity contribution is 0.0869. The van der Waals surface area contributed by atoms with Gasteiger partial charge in [-0.05, 0) is 70.4 Å². The largest absolute Gasteiger partial charge is 0.314 e. The molecular formula is C18H38N2. The van der Waals surface area contributed by atoms with E-state index in [4.69, 9.17) is 0 Å². The van der Waals surface area contributed by atoms with Gasteiger partial charge in [-0.15, -0.1) is 0 Å². The summed E-state index contributed by atoms with van der Waals surface area (Å²) in [6, 6.07) is 1.40. The van der Waals surface area contributed by atoms with E-state index in [0.717, 1.165) is 23.8 Å². The molecule has 1 fully saturated rings. The highest BCUT2D eigenvalue weighted by Gasteiger charge is 2.34. The van der Waals surface area contributed by atoms with Crippen molar-refractivity contribution in [3.8, 4) is 0 Å². The van der Waals surface area contributed by atoms with Crippen molar-refractivity contribution in [2.45, 2.75) is 79.3 Å². The molecule has 0 spiro atoms. The quantitative estimate of drug-likeness (QED) is 0.719. The Morgan fingerprint density at radius 2 is 1.80 bits per heavy atom. The Morgan fingerprint density at radius 3 is 2.35 bits per heavy atom. The molecule has 4 atom stereocenters. The van der Waals surface area contributed by atoms with E-state index in [1.165, 1.54) is 45.3 Å². The fraction of sp³-hybridized carbons (Fsp3) is 1.00. The molecule has 0 radical (unpaired) electrons. The van der Waals surface area contributed by atoms with Gasteiger partial charge in [0.1, 0.15) is 0 Å². The zero-order valence-corrected chi connectivity index (χ0v) is 14.8. The van der Waals surface area contributed by atoms with E-state index in [9.17, 15) is 0 Å². The lowest BCUT2D eigenvalue weighted by Gasteiger charge is -2.43. The predicted molar refractivity (Wildman–Crippen MR) is 90.1 cm³/mol. The second-order valence-electron chi connectivity index (χ2n) is 7.37. The fourth-order valence-corrected chi connectivity index (χ4v) is 3.90. The van der Waals surface area contributed by atoms with E-state index in [1.54, 1.807) is 0 Å². The van der Waals surface area contributed by atoms with Gasteiger partial charge in [0.05, 0.1) is 0 Å². The van der Waals surface area contributed by atoms with Crippen molar-refractivity contribution in [2.24, 2.45) is 17.8 Å². The molecule has 120 valence electrons. The highest BCUT2D eigenvalue weighted by Crippen LogP contribution is 2.34. The van der Waals surface area contributed by atoms with Gasteiger partial charge in [-0.3, -0.25) is 0 Å². The van der Waals surface area contributed by atoms with Gasteiger partial charge in [-0.1, -0.05) is 27.7 Å². The molecule has 0 amide bonds. The molecule has 1 aliphatic rings. The molecule has 0 aliphatic heterocycles. The van der Waals surface area contributed by atoms with Crippen LogP contribution in [0.1, 0.15) is 67.2 Å². The van der Waals surface area contributed by atoms with Gasteiger partial charge in [0.2, 0.25) is 0 Å². The Labute approximate surface area is 127 Å². The molecule has 1 N–H and O–H groups in total. The summed E-state index contributed by atoms with van der Waals surface area (Å²) in [7, 11) is 0. The summed E-state index contributed by atoms with van der Waals surface area (Å²) in [6.45, 7) is 17.9. The first-order valence-electron chi connectivity index (χ1n) is 8.96. The monoisotopic (exact) mass is 282 g/mol. The molecule has 0 aromatic carbocycles. The van der Waals surface area contributed by atoms with Crippen molar-refractivity contribution >= 4 is 0 Å². The lowest BCUT2D eigenvalue weighted by atomic mass is 9.72. The summed E-state index contributed by atoms with van der Waals surface area (Å²) in [4.78, 5) is 2.69. The van der Waals surface area contributed by atoms with Gasteiger partial charge in [0.25, 0.3) is 0 Å². The predicted octanol–water partition coefficient (Wildman–Crippen LogP) is 4.16. The first-order valence-corrected chi connectivity index (χ1v) is 8.96. The van der Waals surface area contributed by atoms with E-state index in [1.807, 2.05) is 0 Å². The molecule has 0 saturated heterocycles. The third-order valence-electron chi connectivity index (χ3n) is 5.02. The summed E-state index contributed by atoms with van der Waals surface area (Å²) in [6.07, 6.45) is 5.29. The van der Waals surface area contributed by atoms with E-state index >= 15 is 0 Å². The number of hydrogen-bond donors (Lipinski definition) is 1. The Morgan fingerprint density at radius 1 is 1.10 bits per heavy atom. The van der Waals surface area contributed by atoms with Crippen molar-refractivity contribution in [1.82, 2.24) is 10.2 Å². The van der Waals surface area contributed by atoms with Crippen molar-refractivity contribution in [2.75, 3.05) is 19.6 Å². The fourth-order valence-electron chi connectivity index (χ4n) is 3.90. The summed E-state index contributed by atoms with van der Waals surface area (Å²) in [5.74, 6) is 2.56. The minimum atomic E-state index is 0.674. The van der Waals surface area contributed by atoms with Crippen LogP contribution in [0.2, 0.25) is 0 Å². The summed E-state index contributed by atoms with van der Waals surface area (Å²) >= 11 is 0. The summed E-state index contributed by atoms with van der Waals surface area (Å²) in [5.41, 5.74) is 0. The average Bonchev–Trinajstić information content (AvgIpc) is 2.38. The van der Waals surface area contributed by atoms with Crippen LogP contribution >= 0.6 is 0 Å². The van der Waals surface area contributed by atoms with Crippen LogP contribution in [0.3, 0.4) is 0 Å². The number of hydrogen-bond acceptors (Lipinski definition) is 2. The third-order valence-corrected chi connectivity index (χ3v) is 5.02. The third kappa shape index (κ3) is 5.37. The van der Waals surface area contributed by atoms with Crippen molar-refractivity contribution < 1.29 is 0 Å². The van der Waals surface area contributed by atoms with E-state index in [2.05, 4.69) is 51.8 Å². The molecule has 4 unspecified atom stereocenters. The van der Waals surface area contributed by atoms with Crippen LogP contribution in [0.4, 0.5) is 0 Å². The molecule has 1 saturated carbocycles. The van der Waals surface area contributed by atoms with Gasteiger partial charge < -0.3 is 10.2 Å². The molecule has 0 aromatic rings. The highest BCUT2D eigenvalue weighted by atomic mass is 15.2. The van der Waals surface area contributed by atoms with Crippen LogP contribution < -0.4 is 5.32 Å². The van der Waals surface area contributed by atoms with Crippen LogP contribution in [0.5, 0.6) is 0 Å². The maximum absolute atomic E-state index is 3.84. The molecule has 20 heavy (non-hydrogen) atoms. The van der Waals surface area contributed by atoms with Gasteiger partial charge in [0, 0.05) is 18.6 Å². The number of nitrogens with zero attached hydrogens (tertiary/aromatic N) is 1. The molecule has 2 nitrogen and oxygen atoms in total. The van der Waals surface area contributed by atoms with E-state index in [-0.39, 0.29) is 0 Å². The molecule has 2 heteroatoms. The zero-order valence-electron chi connectivity index (χ0n) is 14.8. The first kappa shape index (κ1) is 18.0. The highest BCUT2D eigenvalue weighted by molar-refractivity contribution is 4.89. The molecule has 0 bridgehead atoms. The minimum absolute atomic E-state index is 0.674. The summed E-state index contributed by atoms with van der Waals surface area (Å²) in [5, 5.41) is 3.84. The maximum atomic E-state index is 3.84. The number of nitrogens with one attached hydrogen (secondary N) is 1. The van der Waals surface area contributed by atoms with Crippen molar-refractivity contribution in [3.05, 3.63) is 0 Å². The topological polar surface area (TPSA) is 15.3 Å². The molecule has 0 aromatic heterocycles. The minimum Gasteiger partial charge on any atom is -0.314 e. The second-order valence-corrected chi connectivity index (χ2v) is 7.37. The smallest absolute Gasteiger partial charge is 0.0113 e. The lowest BCUT2D eigenvalue weighted by Crippen LogP contribution is -2.50. The second kappa shape index (κ2) is 9.04. The Hall–Kier alpha value is -0.0800. The Bertz CT molecular complexity index is 252. The summed E-state index contributed by atoms with van der Waals surface area (Å²) < 4.78 is 0. The molecule has 1 rings (SSSR count). The maximum Gasteiger partial charge on any atom is 0.0113 e. The van der Waals surface area contributed by atoms with Crippen LogP contribution in [0, 0.1) is 17.8 Å². The molecule has 0 heterocycles. The van der Waals surface area contributed by atoms with Crippen molar-refractivity contribution in [1.29, 1.82) is 0 Å². The van der Waals surface area contributed by atoms with Crippen LogP contribution in [-0.2, 0) is 0 Å². The van der Waals surface area contributed by atoms with Gasteiger partial charge in [0.15, 0.2) is 0 Å². The van der Waals surface area contributed by atoms with Crippen LogP contribution in [0.25, 0.3) is 0 Å². The normalized spacial score (nSPS) is 31.2. The van der Waals surface area contributed by atoms with Gasteiger partial charge in [-0.2, -0.15) is 0 Å². The van der Waals surface area contributed by atoms with Gasteiger partial charge in [-0.25, -0.2) is 0 Å². The zero-order chi connectivity index (χ0) is 15.1.